The molecule has 3 rings (SSSR count). The number of benzene rings is 2. The minimum absolute atomic E-state index is 0.00333. The van der Waals surface area contributed by atoms with Crippen LogP contribution < -0.4 is 20.9 Å². The largest absolute Gasteiger partial charge is 0.397 e. The molecule has 1 saturated heterocycles. The third-order valence-corrected chi connectivity index (χ3v) is 5.37. The first-order valence-corrected chi connectivity index (χ1v) is 10.5. The van der Waals surface area contributed by atoms with E-state index >= 15 is 0 Å². The molecule has 150 valence electrons. The molecule has 0 unspecified atom stereocenters. The number of carbonyl (C=O) groups excluding carboxylic acids is 1. The summed E-state index contributed by atoms with van der Waals surface area (Å²) in [5, 5.41) is 2.98. The van der Waals surface area contributed by atoms with Crippen molar-refractivity contribution in [3.05, 3.63) is 46.9 Å². The van der Waals surface area contributed by atoms with E-state index in [0.717, 1.165) is 36.3 Å². The summed E-state index contributed by atoms with van der Waals surface area (Å²) in [4.78, 5) is 17.0. The number of nitrogens with two attached hydrogens (primary N) is 1. The molecule has 0 saturated carbocycles. The molecule has 1 aliphatic rings. The Labute approximate surface area is 176 Å². The second-order valence-electron chi connectivity index (χ2n) is 8.51. The summed E-state index contributed by atoms with van der Waals surface area (Å²) in [6.07, 6.45) is 0.461. The molecule has 0 atom stereocenters. The second-order valence-corrected chi connectivity index (χ2v) is 9.42. The lowest BCUT2D eigenvalue weighted by Crippen LogP contribution is -2.46. The van der Waals surface area contributed by atoms with Gasteiger partial charge in [-0.1, -0.05) is 36.7 Å². The molecule has 5 nitrogen and oxygen atoms in total. The van der Waals surface area contributed by atoms with Crippen LogP contribution in [0.15, 0.2) is 46.9 Å². The number of anilines is 4. The van der Waals surface area contributed by atoms with Crippen LogP contribution in [0, 0.1) is 5.41 Å². The monoisotopic (exact) mass is 444 g/mol. The average Bonchev–Trinajstić information content (AvgIpc) is 2.63. The van der Waals surface area contributed by atoms with E-state index in [9.17, 15) is 4.79 Å². The Morgan fingerprint density at radius 1 is 1.00 bits per heavy atom. The van der Waals surface area contributed by atoms with E-state index in [1.807, 2.05) is 18.2 Å². The van der Waals surface area contributed by atoms with Crippen molar-refractivity contribution in [3.8, 4) is 0 Å². The molecule has 1 amide bonds. The number of rotatable bonds is 4. The zero-order valence-electron chi connectivity index (χ0n) is 16.8. The minimum atomic E-state index is -0.0557. The number of hydrogen-bond donors (Lipinski definition) is 2. The summed E-state index contributed by atoms with van der Waals surface area (Å²) >= 11 is 3.49. The summed E-state index contributed by atoms with van der Waals surface area (Å²) < 4.78 is 1.10. The summed E-state index contributed by atoms with van der Waals surface area (Å²) in [5.41, 5.74) is 9.67. The minimum Gasteiger partial charge on any atom is -0.397 e. The van der Waals surface area contributed by atoms with E-state index in [1.54, 1.807) is 0 Å². The Bertz CT molecular complexity index is 821. The highest BCUT2D eigenvalue weighted by atomic mass is 79.9. The van der Waals surface area contributed by atoms with E-state index in [1.165, 1.54) is 5.69 Å². The summed E-state index contributed by atoms with van der Waals surface area (Å²) in [7, 11) is 0. The van der Waals surface area contributed by atoms with Gasteiger partial charge in [0, 0.05) is 48.4 Å². The van der Waals surface area contributed by atoms with Crippen molar-refractivity contribution in [1.82, 2.24) is 0 Å². The van der Waals surface area contributed by atoms with Crippen molar-refractivity contribution < 1.29 is 4.79 Å². The number of piperazine rings is 1. The molecule has 0 aromatic heterocycles. The summed E-state index contributed by atoms with van der Waals surface area (Å²) in [6, 6.07) is 14.3. The number of amides is 1. The Morgan fingerprint density at radius 3 is 2.11 bits per heavy atom. The maximum Gasteiger partial charge on any atom is 0.224 e. The van der Waals surface area contributed by atoms with Crippen molar-refractivity contribution >= 4 is 44.6 Å². The van der Waals surface area contributed by atoms with Gasteiger partial charge in [-0.05, 0) is 47.9 Å². The first kappa shape index (κ1) is 20.5. The van der Waals surface area contributed by atoms with Crippen LogP contribution in [0.25, 0.3) is 0 Å². The molecule has 6 heteroatoms. The molecule has 0 spiro atoms. The van der Waals surface area contributed by atoms with Crippen LogP contribution in [-0.2, 0) is 4.79 Å². The predicted octanol–water partition coefficient (Wildman–Crippen LogP) is 4.73. The number of nitrogen functional groups attached to an aromatic ring is 1. The SMILES string of the molecule is CC(C)(C)CC(=O)Nc1cc(N2CCN(c3ccc(Br)cc3)CC2)ccc1N. The highest BCUT2D eigenvalue weighted by molar-refractivity contribution is 9.10. The van der Waals surface area contributed by atoms with Crippen molar-refractivity contribution in [2.45, 2.75) is 27.2 Å². The van der Waals surface area contributed by atoms with Crippen molar-refractivity contribution in [3.63, 3.8) is 0 Å². The first-order chi connectivity index (χ1) is 13.2. The van der Waals surface area contributed by atoms with Crippen LogP contribution in [0.5, 0.6) is 0 Å². The van der Waals surface area contributed by atoms with E-state index < -0.39 is 0 Å². The van der Waals surface area contributed by atoms with Crippen molar-refractivity contribution in [2.75, 3.05) is 47.0 Å². The van der Waals surface area contributed by atoms with Gasteiger partial charge in [-0.15, -0.1) is 0 Å². The molecular formula is C22H29BrN4O. The predicted molar refractivity (Wildman–Crippen MR) is 122 cm³/mol. The van der Waals surface area contributed by atoms with Crippen LogP contribution in [0.4, 0.5) is 22.7 Å². The van der Waals surface area contributed by atoms with Crippen LogP contribution in [0.3, 0.4) is 0 Å². The maximum atomic E-state index is 12.3. The van der Waals surface area contributed by atoms with Crippen LogP contribution in [0.1, 0.15) is 27.2 Å². The van der Waals surface area contributed by atoms with E-state index in [0.29, 0.717) is 17.8 Å². The van der Waals surface area contributed by atoms with Crippen LogP contribution in [-0.4, -0.2) is 32.1 Å². The molecule has 2 aromatic rings. The zero-order chi connectivity index (χ0) is 20.3. The fourth-order valence-electron chi connectivity index (χ4n) is 3.40. The zero-order valence-corrected chi connectivity index (χ0v) is 18.4. The van der Waals surface area contributed by atoms with E-state index in [4.69, 9.17) is 5.73 Å². The van der Waals surface area contributed by atoms with Gasteiger partial charge < -0.3 is 20.9 Å². The van der Waals surface area contributed by atoms with Gasteiger partial charge in [0.15, 0.2) is 0 Å². The molecule has 0 radical (unpaired) electrons. The van der Waals surface area contributed by atoms with Crippen LogP contribution in [0.2, 0.25) is 0 Å². The lowest BCUT2D eigenvalue weighted by Gasteiger charge is -2.37. The van der Waals surface area contributed by atoms with Gasteiger partial charge >= 0.3 is 0 Å². The smallest absolute Gasteiger partial charge is 0.224 e. The molecule has 1 heterocycles. The second kappa shape index (κ2) is 8.43. The van der Waals surface area contributed by atoms with E-state index in [2.05, 4.69) is 76.1 Å². The van der Waals surface area contributed by atoms with Gasteiger partial charge in [0.2, 0.25) is 5.91 Å². The Morgan fingerprint density at radius 2 is 1.54 bits per heavy atom. The number of hydrogen-bond acceptors (Lipinski definition) is 4. The quantitative estimate of drug-likeness (QED) is 0.668. The molecule has 28 heavy (non-hydrogen) atoms. The fourth-order valence-corrected chi connectivity index (χ4v) is 3.66. The summed E-state index contributed by atoms with van der Waals surface area (Å²) in [6.45, 7) is 9.92. The average molecular weight is 445 g/mol. The third-order valence-electron chi connectivity index (χ3n) is 4.84. The van der Waals surface area contributed by atoms with Gasteiger partial charge in [0.05, 0.1) is 11.4 Å². The normalized spacial score (nSPS) is 14.9. The molecule has 3 N–H and O–H groups in total. The molecule has 2 aromatic carbocycles. The van der Waals surface area contributed by atoms with E-state index in [-0.39, 0.29) is 11.3 Å². The van der Waals surface area contributed by atoms with Gasteiger partial charge in [-0.2, -0.15) is 0 Å². The van der Waals surface area contributed by atoms with Crippen molar-refractivity contribution in [2.24, 2.45) is 5.41 Å². The molecule has 1 fully saturated rings. The number of nitrogens with zero attached hydrogens (tertiary/aromatic N) is 2. The molecule has 0 aliphatic carbocycles. The Balaban J connectivity index is 1.65. The lowest BCUT2D eigenvalue weighted by atomic mass is 9.92. The first-order valence-electron chi connectivity index (χ1n) is 9.66. The third kappa shape index (κ3) is 5.41. The lowest BCUT2D eigenvalue weighted by molar-refractivity contribution is -0.117. The Hall–Kier alpha value is -2.21. The topological polar surface area (TPSA) is 61.6 Å². The van der Waals surface area contributed by atoms with Crippen molar-refractivity contribution in [1.29, 1.82) is 0 Å². The fraction of sp³-hybridized carbons (Fsp3) is 0.409. The molecule has 0 bridgehead atoms. The highest BCUT2D eigenvalue weighted by Gasteiger charge is 2.20. The number of nitrogens with one attached hydrogen (secondary N) is 1. The Kier molecular flexibility index (Phi) is 6.18. The highest BCUT2D eigenvalue weighted by Crippen LogP contribution is 2.29. The molecule has 1 aliphatic heterocycles. The molecular weight excluding hydrogens is 416 g/mol. The van der Waals surface area contributed by atoms with Gasteiger partial charge in [0.25, 0.3) is 0 Å². The van der Waals surface area contributed by atoms with Crippen LogP contribution >= 0.6 is 15.9 Å². The maximum absolute atomic E-state index is 12.3. The van der Waals surface area contributed by atoms with Gasteiger partial charge in [-0.3, -0.25) is 4.79 Å². The number of carbonyl (C=O) groups is 1. The van der Waals surface area contributed by atoms with Gasteiger partial charge in [0.1, 0.15) is 0 Å². The van der Waals surface area contributed by atoms with Gasteiger partial charge in [-0.25, -0.2) is 0 Å². The summed E-state index contributed by atoms with van der Waals surface area (Å²) in [5.74, 6) is -0.00333. The standard InChI is InChI=1S/C22H29BrN4O/c1-22(2,3)15-21(28)25-20-14-18(8-9-19(20)24)27-12-10-26(11-13-27)17-6-4-16(23)5-7-17/h4-9,14H,10-13,15,24H2,1-3H3,(H,25,28). The number of halogens is 1.